The highest BCUT2D eigenvalue weighted by Gasteiger charge is 2.31. The second kappa shape index (κ2) is 8.87. The van der Waals surface area contributed by atoms with E-state index in [9.17, 15) is 19.7 Å². The van der Waals surface area contributed by atoms with Gasteiger partial charge in [-0.2, -0.15) is 5.10 Å². The number of nitro groups is 1. The van der Waals surface area contributed by atoms with Gasteiger partial charge in [-0.3, -0.25) is 19.5 Å². The van der Waals surface area contributed by atoms with Gasteiger partial charge < -0.3 is 4.90 Å². The van der Waals surface area contributed by atoms with E-state index in [0.717, 1.165) is 49.9 Å². The molecule has 2 heterocycles. The van der Waals surface area contributed by atoms with Gasteiger partial charge in [-0.05, 0) is 49.5 Å². The third-order valence-corrected chi connectivity index (χ3v) is 6.37. The number of carbonyl (C=O) groups is 1. The molecule has 1 aromatic carbocycles. The Morgan fingerprint density at radius 2 is 1.77 bits per heavy atom. The van der Waals surface area contributed by atoms with Crippen LogP contribution in [0.4, 0.5) is 5.69 Å². The van der Waals surface area contributed by atoms with E-state index in [2.05, 4.69) is 5.10 Å². The van der Waals surface area contributed by atoms with Gasteiger partial charge in [-0.1, -0.05) is 12.8 Å². The van der Waals surface area contributed by atoms with Crippen LogP contribution >= 0.6 is 0 Å². The van der Waals surface area contributed by atoms with Crippen LogP contribution in [-0.4, -0.2) is 43.2 Å². The molecule has 0 unspecified atom stereocenters. The molecular weight excluding hydrogens is 398 g/mol. The lowest BCUT2D eigenvalue weighted by atomic mass is 9.95. The number of rotatable bonds is 5. The summed E-state index contributed by atoms with van der Waals surface area (Å²) in [6.45, 7) is 1.23. The Labute approximate surface area is 180 Å². The molecule has 0 radical (unpaired) electrons. The normalized spacial score (nSPS) is 18.2. The molecule has 0 atom stereocenters. The fraction of sp³-hybridized carbons (Fsp3) is 0.500. The predicted octanol–water partition coefficient (Wildman–Crippen LogP) is 3.02. The first-order valence-corrected chi connectivity index (χ1v) is 10.8. The lowest BCUT2D eigenvalue weighted by Gasteiger charge is -2.31. The molecule has 1 aromatic heterocycles. The molecule has 1 aliphatic carbocycles. The van der Waals surface area contributed by atoms with Gasteiger partial charge in [-0.25, -0.2) is 9.48 Å². The maximum atomic E-state index is 12.6. The van der Waals surface area contributed by atoms with Crippen molar-refractivity contribution in [3.63, 3.8) is 0 Å². The number of likely N-dealkylation sites (tertiary alicyclic amines) is 1. The number of hydrogen-bond acceptors (Lipinski definition) is 5. The highest BCUT2D eigenvalue weighted by molar-refractivity contribution is 5.91. The molecule has 164 valence electrons. The van der Waals surface area contributed by atoms with Gasteiger partial charge in [0.15, 0.2) is 0 Å². The van der Waals surface area contributed by atoms with E-state index in [4.69, 9.17) is 0 Å². The minimum Gasteiger partial charge on any atom is -0.339 e. The summed E-state index contributed by atoms with van der Waals surface area (Å²) < 4.78 is 3.35. The number of hydrogen-bond donors (Lipinski definition) is 0. The molecule has 1 saturated carbocycles. The number of aryl methyl sites for hydroxylation is 1. The van der Waals surface area contributed by atoms with Crippen molar-refractivity contribution in [3.05, 3.63) is 62.3 Å². The van der Waals surface area contributed by atoms with Gasteiger partial charge >= 0.3 is 5.69 Å². The van der Waals surface area contributed by atoms with Crippen molar-refractivity contribution in [2.45, 2.75) is 50.5 Å². The molecule has 1 aliphatic heterocycles. The largest absolute Gasteiger partial charge is 0.345 e. The van der Waals surface area contributed by atoms with Crippen LogP contribution in [0.1, 0.15) is 61.9 Å². The summed E-state index contributed by atoms with van der Waals surface area (Å²) in [4.78, 5) is 37.3. The molecule has 1 amide bonds. The minimum atomic E-state index is -0.448. The van der Waals surface area contributed by atoms with Gasteiger partial charge in [0.05, 0.1) is 4.92 Å². The van der Waals surface area contributed by atoms with Crippen LogP contribution in [0, 0.1) is 10.1 Å². The molecule has 9 heteroatoms. The van der Waals surface area contributed by atoms with Crippen LogP contribution in [0.15, 0.2) is 35.1 Å². The minimum absolute atomic E-state index is 0.0242. The van der Waals surface area contributed by atoms with Crippen molar-refractivity contribution in [2.24, 2.45) is 7.05 Å². The number of nitrogens with zero attached hydrogens (tertiary/aromatic N) is 5. The molecule has 2 aromatic rings. The molecule has 2 aliphatic rings. The maximum absolute atomic E-state index is 12.6. The van der Waals surface area contributed by atoms with Crippen molar-refractivity contribution >= 4 is 17.7 Å². The van der Waals surface area contributed by atoms with E-state index >= 15 is 0 Å². The number of aromatic nitrogens is 3. The van der Waals surface area contributed by atoms with E-state index < -0.39 is 4.92 Å². The molecule has 0 spiro atoms. The van der Waals surface area contributed by atoms with Crippen molar-refractivity contribution in [2.75, 3.05) is 13.1 Å². The number of nitro benzene ring substituents is 1. The SMILES string of the molecule is Cn1nc(C2CCN(C(=O)/C=C/c3ccc([N+](=O)[O-])cc3)CC2)n(C2CCCC2)c1=O. The summed E-state index contributed by atoms with van der Waals surface area (Å²) in [5, 5.41) is 15.3. The lowest BCUT2D eigenvalue weighted by Crippen LogP contribution is -2.38. The summed E-state index contributed by atoms with van der Waals surface area (Å²) in [7, 11) is 1.71. The number of carbonyl (C=O) groups excluding carboxylic acids is 1. The first-order valence-electron chi connectivity index (χ1n) is 10.8. The molecule has 0 bridgehead atoms. The van der Waals surface area contributed by atoms with Crippen LogP contribution in [0.5, 0.6) is 0 Å². The first kappa shape index (κ1) is 21.0. The van der Waals surface area contributed by atoms with Gasteiger partial charge in [0.2, 0.25) is 5.91 Å². The quantitative estimate of drug-likeness (QED) is 0.416. The number of non-ortho nitro benzene ring substituents is 1. The van der Waals surface area contributed by atoms with Gasteiger partial charge in [-0.15, -0.1) is 0 Å². The monoisotopic (exact) mass is 425 g/mol. The topological polar surface area (TPSA) is 103 Å². The summed E-state index contributed by atoms with van der Waals surface area (Å²) in [5.41, 5.74) is 0.727. The molecule has 1 saturated heterocycles. The summed E-state index contributed by atoms with van der Waals surface area (Å²) in [5.74, 6) is 0.969. The van der Waals surface area contributed by atoms with Gasteiger partial charge in [0.25, 0.3) is 5.69 Å². The Bertz CT molecular complexity index is 1040. The summed E-state index contributed by atoms with van der Waals surface area (Å²) in [6, 6.07) is 6.34. The van der Waals surface area contributed by atoms with E-state index in [-0.39, 0.29) is 29.2 Å². The van der Waals surface area contributed by atoms with Crippen LogP contribution in [0.25, 0.3) is 6.08 Å². The van der Waals surface area contributed by atoms with Crippen molar-refractivity contribution in [1.29, 1.82) is 0 Å². The average molecular weight is 425 g/mol. The molecule has 0 N–H and O–H groups in total. The van der Waals surface area contributed by atoms with Crippen molar-refractivity contribution < 1.29 is 9.72 Å². The van der Waals surface area contributed by atoms with Gasteiger partial charge in [0, 0.05) is 50.3 Å². The zero-order chi connectivity index (χ0) is 22.0. The zero-order valence-corrected chi connectivity index (χ0v) is 17.6. The second-order valence-electron chi connectivity index (χ2n) is 8.35. The van der Waals surface area contributed by atoms with Gasteiger partial charge in [0.1, 0.15) is 5.82 Å². The number of amides is 1. The Kier molecular flexibility index (Phi) is 6.01. The molecule has 9 nitrogen and oxygen atoms in total. The molecule has 4 rings (SSSR count). The van der Waals surface area contributed by atoms with Crippen molar-refractivity contribution in [1.82, 2.24) is 19.2 Å². The smallest absolute Gasteiger partial charge is 0.339 e. The zero-order valence-electron chi connectivity index (χ0n) is 17.6. The van der Waals surface area contributed by atoms with Crippen LogP contribution in [0.2, 0.25) is 0 Å². The number of benzene rings is 1. The Morgan fingerprint density at radius 1 is 1.13 bits per heavy atom. The summed E-state index contributed by atoms with van der Waals surface area (Å²) in [6.07, 6.45) is 9.11. The van der Waals surface area contributed by atoms with E-state index in [1.165, 1.54) is 22.9 Å². The standard InChI is InChI=1S/C22H27N5O4/c1-24-22(29)26(18-4-2-3-5-18)21(23-24)17-12-14-25(15-13-17)20(28)11-8-16-6-9-19(10-7-16)27(30)31/h6-11,17-18H,2-5,12-15H2,1H3/b11-8+. The molecule has 2 fully saturated rings. The second-order valence-corrected chi connectivity index (χ2v) is 8.35. The Balaban J connectivity index is 1.39. The van der Waals surface area contributed by atoms with Crippen molar-refractivity contribution in [3.8, 4) is 0 Å². The fourth-order valence-electron chi connectivity index (χ4n) is 4.62. The molecular formula is C22H27N5O4. The van der Waals surface area contributed by atoms with E-state index in [1.807, 2.05) is 4.57 Å². The average Bonchev–Trinajstić information content (AvgIpc) is 3.40. The van der Waals surface area contributed by atoms with Crippen LogP contribution in [-0.2, 0) is 11.8 Å². The Morgan fingerprint density at radius 3 is 2.39 bits per heavy atom. The third kappa shape index (κ3) is 4.45. The summed E-state index contributed by atoms with van der Waals surface area (Å²) >= 11 is 0. The highest BCUT2D eigenvalue weighted by Crippen LogP contribution is 2.33. The van der Waals surface area contributed by atoms with Crippen LogP contribution in [0.3, 0.4) is 0 Å². The predicted molar refractivity (Wildman–Crippen MR) is 116 cm³/mol. The van der Waals surface area contributed by atoms with Crippen LogP contribution < -0.4 is 5.69 Å². The third-order valence-electron chi connectivity index (χ3n) is 6.37. The highest BCUT2D eigenvalue weighted by atomic mass is 16.6. The first-order chi connectivity index (χ1) is 14.9. The van der Waals surface area contributed by atoms with E-state index in [0.29, 0.717) is 13.1 Å². The molecule has 31 heavy (non-hydrogen) atoms. The maximum Gasteiger partial charge on any atom is 0.345 e. The lowest BCUT2D eigenvalue weighted by molar-refractivity contribution is -0.384. The fourth-order valence-corrected chi connectivity index (χ4v) is 4.62. The number of piperidine rings is 1. The van der Waals surface area contributed by atoms with E-state index in [1.54, 1.807) is 30.2 Å². The Hall–Kier alpha value is -3.23.